The van der Waals surface area contributed by atoms with Crippen molar-refractivity contribution in [3.05, 3.63) is 102 Å². The number of carbonyl (C=O) groups excluding carboxylic acids is 2. The Hall–Kier alpha value is -4.41. The average Bonchev–Trinajstić information content (AvgIpc) is 2.94. The molecule has 4 aromatic rings. The monoisotopic (exact) mass is 532 g/mol. The molecular weight excluding hydrogens is 504 g/mol. The molecule has 0 saturated carbocycles. The fraction of sp³-hybridized carbons (Fsp3) is 0.143. The second-order valence-corrected chi connectivity index (χ2v) is 10.7. The van der Waals surface area contributed by atoms with Crippen LogP contribution in [0, 0.1) is 0 Å². The molecule has 0 fully saturated rings. The molecule has 0 aliphatic rings. The third kappa shape index (κ3) is 5.31. The SMILES string of the molecule is CN(C)c1cccc2c(S(=O)(=O)N(C)c3ccc(C(=O)OCc4ccc(C(=O)NN)cc4)cc3)cccc12. The van der Waals surface area contributed by atoms with Gasteiger partial charge in [0, 0.05) is 43.2 Å². The van der Waals surface area contributed by atoms with Crippen LogP contribution in [0.4, 0.5) is 11.4 Å². The highest BCUT2D eigenvalue weighted by atomic mass is 32.2. The van der Waals surface area contributed by atoms with Crippen LogP contribution in [0.5, 0.6) is 0 Å². The Balaban J connectivity index is 1.50. The molecule has 0 unspecified atom stereocenters. The molecule has 0 bridgehead atoms. The van der Waals surface area contributed by atoms with E-state index in [-0.39, 0.29) is 17.1 Å². The lowest BCUT2D eigenvalue weighted by molar-refractivity contribution is 0.0472. The van der Waals surface area contributed by atoms with Gasteiger partial charge in [-0.25, -0.2) is 19.1 Å². The van der Waals surface area contributed by atoms with Crippen molar-refractivity contribution in [3.8, 4) is 0 Å². The maximum atomic E-state index is 13.6. The zero-order valence-electron chi connectivity index (χ0n) is 21.2. The van der Waals surface area contributed by atoms with Crippen LogP contribution in [0.2, 0.25) is 0 Å². The van der Waals surface area contributed by atoms with E-state index in [1.807, 2.05) is 37.2 Å². The maximum Gasteiger partial charge on any atom is 0.338 e. The van der Waals surface area contributed by atoms with E-state index in [1.165, 1.54) is 23.5 Å². The molecule has 1 amide bonds. The van der Waals surface area contributed by atoms with Crippen LogP contribution >= 0.6 is 0 Å². The summed E-state index contributed by atoms with van der Waals surface area (Å²) >= 11 is 0. The number of nitrogen functional groups attached to an aromatic ring is 1. The van der Waals surface area contributed by atoms with E-state index in [4.69, 9.17) is 10.6 Å². The van der Waals surface area contributed by atoms with Crippen LogP contribution < -0.4 is 20.5 Å². The smallest absolute Gasteiger partial charge is 0.338 e. The summed E-state index contributed by atoms with van der Waals surface area (Å²) in [7, 11) is 1.41. The number of ether oxygens (including phenoxy) is 1. The van der Waals surface area contributed by atoms with E-state index >= 15 is 0 Å². The Bertz CT molecular complexity index is 1580. The Morgan fingerprint density at radius 2 is 1.42 bits per heavy atom. The minimum absolute atomic E-state index is 0.00933. The maximum absolute atomic E-state index is 13.6. The van der Waals surface area contributed by atoms with Crippen LogP contribution in [0.15, 0.2) is 89.8 Å². The Morgan fingerprint density at radius 1 is 0.816 bits per heavy atom. The van der Waals surface area contributed by atoms with Gasteiger partial charge in [0.2, 0.25) is 0 Å². The summed E-state index contributed by atoms with van der Waals surface area (Å²) in [5.74, 6) is 4.14. The normalized spacial score (nSPS) is 11.2. The molecule has 196 valence electrons. The van der Waals surface area contributed by atoms with Gasteiger partial charge >= 0.3 is 5.97 Å². The number of anilines is 2. The Morgan fingerprint density at radius 3 is 2.05 bits per heavy atom. The fourth-order valence-electron chi connectivity index (χ4n) is 4.04. The summed E-state index contributed by atoms with van der Waals surface area (Å²) in [6.45, 7) is 0.00933. The summed E-state index contributed by atoms with van der Waals surface area (Å²) in [6.07, 6.45) is 0. The molecule has 4 aromatic carbocycles. The molecule has 4 rings (SSSR count). The zero-order chi connectivity index (χ0) is 27.4. The van der Waals surface area contributed by atoms with E-state index < -0.39 is 21.9 Å². The van der Waals surface area contributed by atoms with E-state index in [2.05, 4.69) is 5.43 Å². The number of rotatable bonds is 8. The number of hydrogen-bond acceptors (Lipinski definition) is 7. The molecule has 0 atom stereocenters. The van der Waals surface area contributed by atoms with Gasteiger partial charge in [-0.15, -0.1) is 0 Å². The summed E-state index contributed by atoms with van der Waals surface area (Å²) in [5.41, 5.74) is 4.73. The third-order valence-electron chi connectivity index (χ3n) is 6.16. The first-order valence-electron chi connectivity index (χ1n) is 11.7. The topological polar surface area (TPSA) is 122 Å². The molecule has 0 aliphatic carbocycles. The number of nitrogens with zero attached hydrogens (tertiary/aromatic N) is 2. The third-order valence-corrected chi connectivity index (χ3v) is 8.01. The second-order valence-electron chi connectivity index (χ2n) is 8.79. The molecule has 3 N–H and O–H groups in total. The number of esters is 1. The van der Waals surface area contributed by atoms with Crippen molar-refractivity contribution in [2.45, 2.75) is 11.5 Å². The lowest BCUT2D eigenvalue weighted by atomic mass is 10.1. The summed E-state index contributed by atoms with van der Waals surface area (Å²) < 4.78 is 33.7. The number of hydrogen-bond donors (Lipinski definition) is 2. The van der Waals surface area contributed by atoms with Crippen LogP contribution in [0.1, 0.15) is 26.3 Å². The molecule has 0 heterocycles. The quantitative estimate of drug-likeness (QED) is 0.154. The molecule has 10 heteroatoms. The number of hydrazine groups is 1. The largest absolute Gasteiger partial charge is 0.457 e. The van der Waals surface area contributed by atoms with Crippen molar-refractivity contribution < 1.29 is 22.7 Å². The van der Waals surface area contributed by atoms with Gasteiger partial charge in [-0.05, 0) is 54.1 Å². The van der Waals surface area contributed by atoms with Gasteiger partial charge in [0.05, 0.1) is 16.1 Å². The van der Waals surface area contributed by atoms with Crippen molar-refractivity contribution in [1.29, 1.82) is 0 Å². The first-order valence-corrected chi connectivity index (χ1v) is 13.1. The number of nitrogens with two attached hydrogens (primary N) is 1. The standard InChI is InChI=1S/C28H28N4O5S/c1-31(2)25-8-4-7-24-23(25)6-5-9-26(24)38(35,36)32(3)22-16-14-21(15-17-22)28(34)37-18-19-10-12-20(13-11-19)27(33)30-29/h4-17H,18,29H2,1-3H3,(H,30,33). The number of sulfonamides is 1. The molecule has 0 aliphatic heterocycles. The molecule has 0 radical (unpaired) electrons. The van der Waals surface area contributed by atoms with Gasteiger partial charge in [-0.3, -0.25) is 14.5 Å². The predicted molar refractivity (Wildman–Crippen MR) is 148 cm³/mol. The van der Waals surface area contributed by atoms with Gasteiger partial charge in [-0.1, -0.05) is 36.4 Å². The van der Waals surface area contributed by atoms with Crippen molar-refractivity contribution in [3.63, 3.8) is 0 Å². The minimum Gasteiger partial charge on any atom is -0.457 e. The van der Waals surface area contributed by atoms with Crippen molar-refractivity contribution >= 4 is 44.0 Å². The summed E-state index contributed by atoms with van der Waals surface area (Å²) in [5, 5.41) is 1.46. The molecule has 0 spiro atoms. The Kier molecular flexibility index (Phi) is 7.65. The highest BCUT2D eigenvalue weighted by Crippen LogP contribution is 2.32. The van der Waals surface area contributed by atoms with Gasteiger partial charge < -0.3 is 9.64 Å². The Labute approximate surface area is 221 Å². The zero-order valence-corrected chi connectivity index (χ0v) is 22.0. The van der Waals surface area contributed by atoms with Crippen molar-refractivity contribution in [1.82, 2.24) is 5.43 Å². The van der Waals surface area contributed by atoms with E-state index in [1.54, 1.807) is 54.6 Å². The highest BCUT2D eigenvalue weighted by molar-refractivity contribution is 7.93. The summed E-state index contributed by atoms with van der Waals surface area (Å²) in [4.78, 5) is 26.2. The number of amides is 1. The number of carbonyl (C=O) groups is 2. The second kappa shape index (κ2) is 10.9. The molecule has 9 nitrogen and oxygen atoms in total. The van der Waals surface area contributed by atoms with Gasteiger partial charge in [0.15, 0.2) is 0 Å². The lowest BCUT2D eigenvalue weighted by Gasteiger charge is -2.22. The van der Waals surface area contributed by atoms with Gasteiger partial charge in [0.25, 0.3) is 15.9 Å². The average molecular weight is 533 g/mol. The van der Waals surface area contributed by atoms with Gasteiger partial charge in [-0.2, -0.15) is 0 Å². The van der Waals surface area contributed by atoms with Crippen LogP contribution in [-0.4, -0.2) is 41.4 Å². The van der Waals surface area contributed by atoms with Gasteiger partial charge in [0.1, 0.15) is 6.61 Å². The van der Waals surface area contributed by atoms with Crippen molar-refractivity contribution in [2.75, 3.05) is 30.3 Å². The predicted octanol–water partition coefficient (Wildman–Crippen LogP) is 3.69. The van der Waals surface area contributed by atoms with Crippen LogP contribution in [0.3, 0.4) is 0 Å². The molecule has 38 heavy (non-hydrogen) atoms. The van der Waals surface area contributed by atoms with E-state index in [9.17, 15) is 18.0 Å². The van der Waals surface area contributed by atoms with E-state index in [0.717, 1.165) is 11.1 Å². The van der Waals surface area contributed by atoms with Crippen molar-refractivity contribution in [2.24, 2.45) is 5.84 Å². The first kappa shape index (κ1) is 26.6. The first-order chi connectivity index (χ1) is 18.1. The highest BCUT2D eigenvalue weighted by Gasteiger charge is 2.24. The van der Waals surface area contributed by atoms with Crippen LogP contribution in [-0.2, 0) is 21.4 Å². The van der Waals surface area contributed by atoms with E-state index in [0.29, 0.717) is 22.2 Å². The number of fused-ring (bicyclic) bond motifs is 1. The fourth-order valence-corrected chi connectivity index (χ4v) is 5.44. The molecule has 0 saturated heterocycles. The summed E-state index contributed by atoms with van der Waals surface area (Å²) in [6, 6.07) is 23.4. The minimum atomic E-state index is -3.89. The molecule has 0 aromatic heterocycles. The number of nitrogens with one attached hydrogen (secondary N) is 1. The lowest BCUT2D eigenvalue weighted by Crippen LogP contribution is -2.29. The van der Waals surface area contributed by atoms with Crippen LogP contribution in [0.25, 0.3) is 10.8 Å². The molecular formula is C28H28N4O5S. The number of benzene rings is 4.